The van der Waals surface area contributed by atoms with Crippen LogP contribution in [-0.4, -0.2) is 5.11 Å². The zero-order valence-electron chi connectivity index (χ0n) is 10.7. The average Bonchev–Trinajstić information content (AvgIpc) is 2.30. The molecule has 1 aromatic rings. The quantitative estimate of drug-likeness (QED) is 0.541. The first-order valence-electron chi connectivity index (χ1n) is 6.61. The molecule has 1 rings (SSSR count). The van der Waals surface area contributed by atoms with E-state index >= 15 is 0 Å². The van der Waals surface area contributed by atoms with Crippen molar-refractivity contribution in [2.75, 3.05) is 0 Å². The van der Waals surface area contributed by atoms with E-state index < -0.39 is 0 Å². The molecule has 0 atom stereocenters. The van der Waals surface area contributed by atoms with Gasteiger partial charge in [-0.05, 0) is 24.5 Å². The van der Waals surface area contributed by atoms with Crippen LogP contribution in [0.3, 0.4) is 0 Å². The van der Waals surface area contributed by atoms with Gasteiger partial charge in [0, 0.05) is 16.5 Å². The first-order valence-corrected chi connectivity index (χ1v) is 6.61. The molecule has 0 bridgehead atoms. The summed E-state index contributed by atoms with van der Waals surface area (Å²) in [6.45, 7) is 2.25. The minimum Gasteiger partial charge on any atom is -0.508 e. The predicted octanol–water partition coefficient (Wildman–Crippen LogP) is 4.68. The third kappa shape index (κ3) is 7.44. The van der Waals surface area contributed by atoms with Crippen LogP contribution in [0.25, 0.3) is 0 Å². The van der Waals surface area contributed by atoms with Crippen molar-refractivity contribution in [1.29, 1.82) is 0 Å². The SMILES string of the molecule is CCCCCCCCCc1ccccc1O.[Ni]. The van der Waals surface area contributed by atoms with Gasteiger partial charge in [0.1, 0.15) is 5.75 Å². The van der Waals surface area contributed by atoms with Crippen LogP contribution >= 0.6 is 0 Å². The number of hydrogen-bond acceptors (Lipinski definition) is 1. The van der Waals surface area contributed by atoms with Gasteiger partial charge in [0.25, 0.3) is 0 Å². The van der Waals surface area contributed by atoms with E-state index in [4.69, 9.17) is 0 Å². The van der Waals surface area contributed by atoms with Crippen LogP contribution < -0.4 is 0 Å². The molecule has 100 valence electrons. The topological polar surface area (TPSA) is 20.2 Å². The number of para-hydroxylation sites is 1. The fourth-order valence-corrected chi connectivity index (χ4v) is 1.99. The van der Waals surface area contributed by atoms with Crippen LogP contribution in [0.1, 0.15) is 57.4 Å². The molecule has 0 saturated carbocycles. The number of phenols is 1. The minimum absolute atomic E-state index is 0. The van der Waals surface area contributed by atoms with Gasteiger partial charge in [0.05, 0.1) is 0 Å². The molecule has 0 spiro atoms. The molecule has 2 heteroatoms. The van der Waals surface area contributed by atoms with E-state index in [1.807, 2.05) is 18.2 Å². The number of rotatable bonds is 8. The van der Waals surface area contributed by atoms with Crippen molar-refractivity contribution in [3.8, 4) is 5.75 Å². The van der Waals surface area contributed by atoms with E-state index in [0.29, 0.717) is 5.75 Å². The van der Waals surface area contributed by atoms with E-state index in [-0.39, 0.29) is 16.5 Å². The second kappa shape index (κ2) is 10.7. The molecule has 0 unspecified atom stereocenters. The summed E-state index contributed by atoms with van der Waals surface area (Å²) < 4.78 is 0. The molecule has 0 aliphatic rings. The molecule has 0 amide bonds. The van der Waals surface area contributed by atoms with Crippen LogP contribution in [0.4, 0.5) is 0 Å². The minimum atomic E-state index is 0. The zero-order chi connectivity index (χ0) is 11.6. The largest absolute Gasteiger partial charge is 0.508 e. The number of unbranched alkanes of at least 4 members (excludes halogenated alkanes) is 6. The summed E-state index contributed by atoms with van der Waals surface area (Å²) >= 11 is 0. The molecule has 0 aliphatic heterocycles. The fourth-order valence-electron chi connectivity index (χ4n) is 1.99. The van der Waals surface area contributed by atoms with Crippen LogP contribution in [-0.2, 0) is 22.9 Å². The summed E-state index contributed by atoms with van der Waals surface area (Å²) in [6, 6.07) is 7.67. The predicted molar refractivity (Wildman–Crippen MR) is 69.8 cm³/mol. The molecule has 0 saturated heterocycles. The first-order chi connectivity index (χ1) is 7.84. The molecule has 17 heavy (non-hydrogen) atoms. The Hall–Kier alpha value is -0.486. The Balaban J connectivity index is 0.00000256. The first kappa shape index (κ1) is 16.5. The van der Waals surface area contributed by atoms with Crippen LogP contribution in [0.15, 0.2) is 24.3 Å². The average molecular weight is 279 g/mol. The van der Waals surface area contributed by atoms with E-state index in [1.165, 1.54) is 44.9 Å². The molecule has 0 aromatic heterocycles. The van der Waals surface area contributed by atoms with Crippen molar-refractivity contribution in [2.24, 2.45) is 0 Å². The number of aromatic hydroxyl groups is 1. The maximum atomic E-state index is 9.58. The van der Waals surface area contributed by atoms with Gasteiger partial charge in [-0.1, -0.05) is 63.6 Å². The van der Waals surface area contributed by atoms with Gasteiger partial charge in [-0.25, -0.2) is 0 Å². The second-order valence-electron chi connectivity index (χ2n) is 4.50. The van der Waals surface area contributed by atoms with Gasteiger partial charge in [-0.2, -0.15) is 0 Å². The number of hydrogen-bond donors (Lipinski definition) is 1. The van der Waals surface area contributed by atoms with Crippen LogP contribution in [0.5, 0.6) is 5.75 Å². The van der Waals surface area contributed by atoms with E-state index in [9.17, 15) is 5.11 Å². The normalized spacial score (nSPS) is 9.94. The molecule has 0 fully saturated rings. The van der Waals surface area contributed by atoms with Gasteiger partial charge in [0.2, 0.25) is 0 Å². The summed E-state index contributed by atoms with van der Waals surface area (Å²) in [5.41, 5.74) is 1.09. The van der Waals surface area contributed by atoms with Crippen molar-refractivity contribution in [2.45, 2.75) is 58.3 Å². The van der Waals surface area contributed by atoms with Crippen molar-refractivity contribution in [3.05, 3.63) is 29.8 Å². The number of aryl methyl sites for hydroxylation is 1. The van der Waals surface area contributed by atoms with Gasteiger partial charge in [0.15, 0.2) is 0 Å². The Bertz CT molecular complexity index is 286. The van der Waals surface area contributed by atoms with E-state index in [1.54, 1.807) is 6.07 Å². The summed E-state index contributed by atoms with van der Waals surface area (Å²) in [5, 5.41) is 9.58. The Morgan fingerprint density at radius 3 is 2.12 bits per heavy atom. The molecular formula is C15H24NiO. The maximum absolute atomic E-state index is 9.58. The maximum Gasteiger partial charge on any atom is 0.118 e. The molecule has 1 aromatic carbocycles. The second-order valence-corrected chi connectivity index (χ2v) is 4.50. The molecular weight excluding hydrogens is 255 g/mol. The van der Waals surface area contributed by atoms with Gasteiger partial charge in [-0.3, -0.25) is 0 Å². The standard InChI is InChI=1S/C15H24O.Ni/c1-2-3-4-5-6-7-8-11-14-12-9-10-13-15(14)16;/h9-10,12-13,16H,2-8,11H2,1H3;. The fraction of sp³-hybridized carbons (Fsp3) is 0.600. The number of phenolic OH excluding ortho intramolecular Hbond substituents is 1. The summed E-state index contributed by atoms with van der Waals surface area (Å²) in [7, 11) is 0. The van der Waals surface area contributed by atoms with Crippen molar-refractivity contribution in [3.63, 3.8) is 0 Å². The zero-order valence-corrected chi connectivity index (χ0v) is 11.7. The molecule has 1 nitrogen and oxygen atoms in total. The number of benzene rings is 1. The van der Waals surface area contributed by atoms with Gasteiger partial charge >= 0.3 is 0 Å². The van der Waals surface area contributed by atoms with Gasteiger partial charge < -0.3 is 5.11 Å². The summed E-state index contributed by atoms with van der Waals surface area (Å²) in [6.07, 6.45) is 10.3. The summed E-state index contributed by atoms with van der Waals surface area (Å²) in [5.74, 6) is 0.452. The van der Waals surface area contributed by atoms with E-state index in [2.05, 4.69) is 6.92 Å². The Morgan fingerprint density at radius 1 is 0.882 bits per heavy atom. The molecule has 0 heterocycles. The van der Waals surface area contributed by atoms with Crippen molar-refractivity contribution >= 4 is 0 Å². The molecule has 1 N–H and O–H groups in total. The van der Waals surface area contributed by atoms with Crippen LogP contribution in [0, 0.1) is 0 Å². The smallest absolute Gasteiger partial charge is 0.118 e. The van der Waals surface area contributed by atoms with Crippen molar-refractivity contribution in [1.82, 2.24) is 0 Å². The summed E-state index contributed by atoms with van der Waals surface area (Å²) in [4.78, 5) is 0. The third-order valence-electron chi connectivity index (χ3n) is 3.04. The molecule has 0 aliphatic carbocycles. The van der Waals surface area contributed by atoms with Gasteiger partial charge in [-0.15, -0.1) is 0 Å². The van der Waals surface area contributed by atoms with Crippen LogP contribution in [0.2, 0.25) is 0 Å². The molecule has 0 radical (unpaired) electrons. The Kier molecular flexibility index (Phi) is 10.3. The van der Waals surface area contributed by atoms with Crippen molar-refractivity contribution < 1.29 is 21.6 Å². The Labute approximate surface area is 116 Å². The third-order valence-corrected chi connectivity index (χ3v) is 3.04. The van der Waals surface area contributed by atoms with E-state index in [0.717, 1.165) is 12.0 Å². The monoisotopic (exact) mass is 278 g/mol. The Morgan fingerprint density at radius 2 is 1.47 bits per heavy atom.